The van der Waals surface area contributed by atoms with Crippen molar-refractivity contribution in [3.63, 3.8) is 0 Å². The maximum absolute atomic E-state index is 12.6. The van der Waals surface area contributed by atoms with Crippen LogP contribution in [-0.4, -0.2) is 46.1 Å². The molecule has 194 valence electrons. The molecule has 35 heavy (non-hydrogen) atoms. The van der Waals surface area contributed by atoms with E-state index in [0.29, 0.717) is 5.92 Å². The predicted molar refractivity (Wildman–Crippen MR) is 132 cm³/mol. The molecule has 5 atom stereocenters. The molecule has 0 aromatic heterocycles. The number of hydrogen-bond donors (Lipinski definition) is 0. The second kappa shape index (κ2) is 12.8. The van der Waals surface area contributed by atoms with Gasteiger partial charge in [0.05, 0.1) is 24.2 Å². The van der Waals surface area contributed by atoms with E-state index in [9.17, 15) is 13.2 Å². The lowest BCUT2D eigenvalue weighted by atomic mass is 9.83. The third-order valence-electron chi connectivity index (χ3n) is 6.95. The van der Waals surface area contributed by atoms with Crippen molar-refractivity contribution in [3.8, 4) is 0 Å². The lowest BCUT2D eigenvalue weighted by Crippen LogP contribution is -2.53. The Bertz CT molecular complexity index is 989. The molecule has 1 aromatic rings. The fraction of sp³-hybridized carbons (Fsp3) is 0.630. The zero-order valence-corrected chi connectivity index (χ0v) is 22.0. The molecule has 1 aromatic carbocycles. The van der Waals surface area contributed by atoms with E-state index in [-0.39, 0.29) is 29.9 Å². The van der Waals surface area contributed by atoms with Crippen LogP contribution < -0.4 is 0 Å². The minimum atomic E-state index is -3.93. The number of rotatable bonds is 9. The highest BCUT2D eigenvalue weighted by Crippen LogP contribution is 2.34. The second-order valence-corrected chi connectivity index (χ2v) is 11.3. The first-order chi connectivity index (χ1) is 16.7. The SMILES string of the molecule is CC(=O)OC1C(OCC=C=CC2CCCCC2)OC(COS(=O)(=O)c2ccc(C)cc2)C(C)C1C. The van der Waals surface area contributed by atoms with E-state index in [1.807, 2.05) is 20.8 Å². The van der Waals surface area contributed by atoms with Crippen LogP contribution in [0.3, 0.4) is 0 Å². The Labute approximate surface area is 209 Å². The van der Waals surface area contributed by atoms with Crippen molar-refractivity contribution >= 4 is 16.1 Å². The highest BCUT2D eigenvalue weighted by Gasteiger charge is 2.44. The molecular weight excluding hydrogens is 468 g/mol. The van der Waals surface area contributed by atoms with E-state index in [1.165, 1.54) is 51.2 Å². The van der Waals surface area contributed by atoms with Crippen LogP contribution in [0, 0.1) is 24.7 Å². The van der Waals surface area contributed by atoms with Crippen LogP contribution in [0.2, 0.25) is 0 Å². The Kier molecular flexibility index (Phi) is 10.1. The van der Waals surface area contributed by atoms with Gasteiger partial charge in [0, 0.05) is 12.8 Å². The molecule has 1 saturated carbocycles. The van der Waals surface area contributed by atoms with Gasteiger partial charge in [0.25, 0.3) is 10.1 Å². The van der Waals surface area contributed by atoms with Gasteiger partial charge in [-0.2, -0.15) is 8.42 Å². The molecule has 1 saturated heterocycles. The normalized spacial score (nSPS) is 27.6. The molecule has 0 amide bonds. The van der Waals surface area contributed by atoms with Gasteiger partial charge in [0.1, 0.15) is 0 Å². The van der Waals surface area contributed by atoms with Gasteiger partial charge in [-0.25, -0.2) is 0 Å². The summed E-state index contributed by atoms with van der Waals surface area (Å²) in [5.41, 5.74) is 4.17. The highest BCUT2D eigenvalue weighted by molar-refractivity contribution is 7.86. The van der Waals surface area contributed by atoms with Crippen LogP contribution in [0.25, 0.3) is 0 Å². The first-order valence-corrected chi connectivity index (χ1v) is 13.9. The fourth-order valence-electron chi connectivity index (χ4n) is 4.56. The fourth-order valence-corrected chi connectivity index (χ4v) is 5.48. The topological polar surface area (TPSA) is 88.1 Å². The molecule has 0 N–H and O–H groups in total. The monoisotopic (exact) mass is 506 g/mol. The van der Waals surface area contributed by atoms with E-state index < -0.39 is 34.6 Å². The Morgan fingerprint density at radius 3 is 2.46 bits per heavy atom. The van der Waals surface area contributed by atoms with Gasteiger partial charge in [-0.05, 0) is 55.9 Å². The molecule has 7 nitrogen and oxygen atoms in total. The van der Waals surface area contributed by atoms with E-state index >= 15 is 0 Å². The Morgan fingerprint density at radius 2 is 1.80 bits per heavy atom. The Morgan fingerprint density at radius 1 is 1.11 bits per heavy atom. The lowest BCUT2D eigenvalue weighted by Gasteiger charge is -2.43. The molecular formula is C27H38O7S. The van der Waals surface area contributed by atoms with Crippen LogP contribution in [0.1, 0.15) is 58.4 Å². The molecule has 1 aliphatic carbocycles. The van der Waals surface area contributed by atoms with Crippen LogP contribution in [0.15, 0.2) is 47.0 Å². The standard InChI is InChI=1S/C27H38O7S/c1-19-13-15-24(16-14-19)35(29,30)32-18-25-20(2)21(3)26(33-22(4)28)27(34-25)31-17-9-8-12-23-10-6-5-7-11-23/h9,12-16,20-21,23,25-27H,5-7,10-11,17-18H2,1-4H3. The molecule has 0 radical (unpaired) electrons. The summed E-state index contributed by atoms with van der Waals surface area (Å²) in [5.74, 6) is -0.113. The van der Waals surface area contributed by atoms with Gasteiger partial charge in [0.15, 0.2) is 12.4 Å². The number of ether oxygens (including phenoxy) is 3. The van der Waals surface area contributed by atoms with Crippen molar-refractivity contribution in [2.75, 3.05) is 13.2 Å². The second-order valence-electron chi connectivity index (χ2n) is 9.66. The Balaban J connectivity index is 1.64. The summed E-state index contributed by atoms with van der Waals surface area (Å²) in [6.07, 6.45) is 8.14. The number of carbonyl (C=O) groups excluding carboxylic acids is 1. The van der Waals surface area contributed by atoms with Crippen molar-refractivity contribution in [1.82, 2.24) is 0 Å². The molecule has 1 heterocycles. The molecule has 2 aliphatic rings. The third-order valence-corrected chi connectivity index (χ3v) is 8.25. The number of hydrogen-bond acceptors (Lipinski definition) is 7. The third kappa shape index (κ3) is 8.02. The summed E-state index contributed by atoms with van der Waals surface area (Å²) in [6.45, 7) is 7.18. The van der Waals surface area contributed by atoms with Gasteiger partial charge >= 0.3 is 5.97 Å². The number of aryl methyl sites for hydroxylation is 1. The van der Waals surface area contributed by atoms with Gasteiger partial charge in [0.2, 0.25) is 0 Å². The summed E-state index contributed by atoms with van der Waals surface area (Å²) in [4.78, 5) is 11.8. The first-order valence-electron chi connectivity index (χ1n) is 12.5. The van der Waals surface area contributed by atoms with Crippen LogP contribution >= 0.6 is 0 Å². The quantitative estimate of drug-likeness (QED) is 0.266. The zero-order chi connectivity index (χ0) is 25.4. The molecule has 0 spiro atoms. The molecule has 3 rings (SSSR count). The summed E-state index contributed by atoms with van der Waals surface area (Å²) in [6, 6.07) is 6.49. The van der Waals surface area contributed by atoms with E-state index in [0.717, 1.165) is 5.56 Å². The van der Waals surface area contributed by atoms with Crippen molar-refractivity contribution in [2.24, 2.45) is 17.8 Å². The summed E-state index contributed by atoms with van der Waals surface area (Å²) >= 11 is 0. The summed E-state index contributed by atoms with van der Waals surface area (Å²) in [5, 5.41) is 0. The highest BCUT2D eigenvalue weighted by atomic mass is 32.2. The molecule has 8 heteroatoms. The van der Waals surface area contributed by atoms with E-state index in [4.69, 9.17) is 18.4 Å². The van der Waals surface area contributed by atoms with Crippen LogP contribution in [0.4, 0.5) is 0 Å². The smallest absolute Gasteiger partial charge is 0.303 e. The van der Waals surface area contributed by atoms with Crippen molar-refractivity contribution in [1.29, 1.82) is 0 Å². The minimum absolute atomic E-state index is 0.0973. The predicted octanol–water partition coefficient (Wildman–Crippen LogP) is 4.94. The average molecular weight is 507 g/mol. The molecule has 1 aliphatic heterocycles. The maximum Gasteiger partial charge on any atom is 0.303 e. The van der Waals surface area contributed by atoms with Crippen molar-refractivity contribution < 1.29 is 31.6 Å². The van der Waals surface area contributed by atoms with Gasteiger partial charge in [-0.1, -0.05) is 50.8 Å². The average Bonchev–Trinajstić information content (AvgIpc) is 2.83. The van der Waals surface area contributed by atoms with Crippen molar-refractivity contribution in [2.45, 2.75) is 83.2 Å². The van der Waals surface area contributed by atoms with Crippen LogP contribution in [0.5, 0.6) is 0 Å². The minimum Gasteiger partial charge on any atom is -0.457 e. The molecule has 2 fully saturated rings. The first kappa shape index (κ1) is 27.6. The molecule has 0 bridgehead atoms. The van der Waals surface area contributed by atoms with Crippen LogP contribution in [-0.2, 0) is 33.3 Å². The van der Waals surface area contributed by atoms with Gasteiger partial charge in [-0.15, -0.1) is 5.73 Å². The van der Waals surface area contributed by atoms with E-state index in [1.54, 1.807) is 18.2 Å². The maximum atomic E-state index is 12.6. The Hall–Kier alpha value is -1.96. The molecule has 5 unspecified atom stereocenters. The largest absolute Gasteiger partial charge is 0.457 e. The lowest BCUT2D eigenvalue weighted by molar-refractivity contribution is -0.275. The summed E-state index contributed by atoms with van der Waals surface area (Å²) in [7, 11) is -3.93. The number of carbonyl (C=O) groups is 1. The van der Waals surface area contributed by atoms with Gasteiger partial charge < -0.3 is 14.2 Å². The van der Waals surface area contributed by atoms with E-state index in [2.05, 4.69) is 11.8 Å². The number of esters is 1. The zero-order valence-electron chi connectivity index (χ0n) is 21.1. The van der Waals surface area contributed by atoms with Gasteiger partial charge in [-0.3, -0.25) is 8.98 Å². The summed E-state index contributed by atoms with van der Waals surface area (Å²) < 4.78 is 48.2. The van der Waals surface area contributed by atoms with Crippen molar-refractivity contribution in [3.05, 3.63) is 47.7 Å². The number of benzene rings is 1.